The molecule has 0 amide bonds. The predicted molar refractivity (Wildman–Crippen MR) is 24.9 cm³/mol. The quantitative estimate of drug-likeness (QED) is 0.236. The molecule has 0 saturated carbocycles. The molecule has 0 rings (SSSR count). The molecule has 6 nitrogen and oxygen atoms in total. The first-order valence-corrected chi connectivity index (χ1v) is 1.91. The fraction of sp³-hybridized carbons (Fsp3) is 1.00. The molecule has 0 aromatic heterocycles. The zero-order valence-corrected chi connectivity index (χ0v) is 4.11. The Balaban J connectivity index is 3.21. The minimum Gasteiger partial charge on any atom is -0.380 e. The third-order valence-corrected chi connectivity index (χ3v) is 0.486. The fourth-order valence-electron chi connectivity index (χ4n) is 0.186. The van der Waals surface area contributed by atoms with Crippen LogP contribution in [0.4, 0.5) is 0 Å². The minimum absolute atomic E-state index is 0.424. The van der Waals surface area contributed by atoms with Gasteiger partial charge < -0.3 is 10.2 Å². The van der Waals surface area contributed by atoms with Gasteiger partial charge in [-0.2, -0.15) is 10.5 Å². The second kappa shape index (κ2) is 4.44. The highest BCUT2D eigenvalue weighted by molar-refractivity contribution is 4.26. The highest BCUT2D eigenvalue weighted by Crippen LogP contribution is 1.74. The topological polar surface area (TPSA) is 85.2 Å². The van der Waals surface area contributed by atoms with E-state index in [0.717, 1.165) is 0 Å². The molecule has 0 unspecified atom stereocenters. The Hall–Kier alpha value is -0.720. The molecule has 0 aliphatic carbocycles. The summed E-state index contributed by atoms with van der Waals surface area (Å²) >= 11 is 0. The molecule has 8 heavy (non-hydrogen) atoms. The van der Waals surface area contributed by atoms with Crippen molar-refractivity contribution in [1.29, 1.82) is 0 Å². The maximum Gasteiger partial charge on any atom is 0.151 e. The lowest BCUT2D eigenvalue weighted by Gasteiger charge is -2.08. The Bertz CT molecular complexity index is 67.5. The average Bonchev–Trinajstić information content (AvgIpc) is 1.83. The summed E-state index contributed by atoms with van der Waals surface area (Å²) in [7, 11) is 0. The molecule has 0 aliphatic heterocycles. The molecule has 0 fully saturated rings. The van der Waals surface area contributed by atoms with Crippen LogP contribution in [0.3, 0.4) is 0 Å². The van der Waals surface area contributed by atoms with E-state index >= 15 is 0 Å². The number of rotatable bonds is 4. The van der Waals surface area contributed by atoms with Gasteiger partial charge in [-0.3, -0.25) is 0 Å². The van der Waals surface area contributed by atoms with Crippen LogP contribution in [0.5, 0.6) is 0 Å². The summed E-state index contributed by atoms with van der Waals surface area (Å²) in [6, 6.07) is 0. The van der Waals surface area contributed by atoms with Gasteiger partial charge in [-0.25, -0.2) is 0 Å². The first-order chi connectivity index (χ1) is 3.85. The highest BCUT2D eigenvalue weighted by atomic mass is 16.4. The van der Waals surface area contributed by atoms with E-state index in [-0.39, 0.29) is 0 Å². The third-order valence-electron chi connectivity index (χ3n) is 0.486. The number of nitrogens with one attached hydrogen (secondary N) is 1. The summed E-state index contributed by atoms with van der Waals surface area (Å²) in [4.78, 5) is 9.47. The van der Waals surface area contributed by atoms with Crippen molar-refractivity contribution in [1.82, 2.24) is 10.5 Å². The molecule has 0 spiro atoms. The van der Waals surface area contributed by atoms with Crippen LogP contribution in [0.2, 0.25) is 0 Å². The van der Waals surface area contributed by atoms with E-state index in [4.69, 9.17) is 10.2 Å². The Morgan fingerprint density at radius 3 is 2.38 bits per heavy atom. The molecule has 0 bridgehead atoms. The van der Waals surface area contributed by atoms with Gasteiger partial charge in [0.2, 0.25) is 0 Å². The third kappa shape index (κ3) is 2.45. The Kier molecular flexibility index (Phi) is 4.04. The second-order valence-electron chi connectivity index (χ2n) is 0.939. The first-order valence-electron chi connectivity index (χ1n) is 1.91. The van der Waals surface area contributed by atoms with Crippen LogP contribution in [0, 0.1) is 4.91 Å². The number of hydrazine groups is 1. The predicted octanol–water partition coefficient (Wildman–Crippen LogP) is -1.63. The lowest BCUT2D eigenvalue weighted by molar-refractivity contribution is 0.0295. The normalized spacial score (nSPS) is 8.75. The maximum absolute atomic E-state index is 9.47. The Labute approximate surface area is 45.6 Å². The number of aliphatic hydroxyl groups is 2. The maximum atomic E-state index is 9.47. The average molecular weight is 121 g/mol. The SMILES string of the molecule is O=NN(CO)NCO. The van der Waals surface area contributed by atoms with E-state index in [2.05, 4.69) is 5.29 Å². The number of nitroso groups, excluding NO2 is 1. The molecule has 48 valence electrons. The fourth-order valence-corrected chi connectivity index (χ4v) is 0.186. The summed E-state index contributed by atoms with van der Waals surface area (Å²) in [6.07, 6.45) is 0. The summed E-state index contributed by atoms with van der Waals surface area (Å²) in [5.41, 5.74) is 2.04. The van der Waals surface area contributed by atoms with Gasteiger partial charge in [0, 0.05) is 0 Å². The van der Waals surface area contributed by atoms with Crippen LogP contribution in [-0.4, -0.2) is 28.8 Å². The lowest BCUT2D eigenvalue weighted by atomic mass is 11.2. The van der Waals surface area contributed by atoms with Crippen LogP contribution in [-0.2, 0) is 0 Å². The summed E-state index contributed by atoms with van der Waals surface area (Å²) in [6.45, 7) is -0.976. The van der Waals surface area contributed by atoms with Crippen molar-refractivity contribution in [2.24, 2.45) is 5.29 Å². The van der Waals surface area contributed by atoms with Gasteiger partial charge in [0.25, 0.3) is 0 Å². The largest absolute Gasteiger partial charge is 0.380 e. The van der Waals surface area contributed by atoms with Crippen molar-refractivity contribution in [3.63, 3.8) is 0 Å². The van der Waals surface area contributed by atoms with Crippen LogP contribution < -0.4 is 5.43 Å². The molecule has 0 aromatic rings. The molecule has 0 atom stereocenters. The van der Waals surface area contributed by atoms with E-state index in [1.807, 2.05) is 5.43 Å². The zero-order valence-electron chi connectivity index (χ0n) is 4.11. The molecule has 0 heterocycles. The molecule has 6 heteroatoms. The van der Waals surface area contributed by atoms with Gasteiger partial charge in [-0.15, -0.1) is 4.91 Å². The number of aliphatic hydroxyl groups excluding tert-OH is 2. The molecule has 3 N–H and O–H groups in total. The lowest BCUT2D eigenvalue weighted by Crippen LogP contribution is -2.34. The van der Waals surface area contributed by atoms with Gasteiger partial charge >= 0.3 is 0 Å². The van der Waals surface area contributed by atoms with E-state index in [1.54, 1.807) is 0 Å². The van der Waals surface area contributed by atoms with E-state index in [0.29, 0.717) is 5.12 Å². The summed E-state index contributed by atoms with van der Waals surface area (Å²) < 4.78 is 0. The van der Waals surface area contributed by atoms with Crippen molar-refractivity contribution in [3.05, 3.63) is 4.91 Å². The van der Waals surface area contributed by atoms with Gasteiger partial charge in [0.15, 0.2) is 6.73 Å². The van der Waals surface area contributed by atoms with Crippen molar-refractivity contribution < 1.29 is 10.2 Å². The van der Waals surface area contributed by atoms with E-state index in [9.17, 15) is 4.91 Å². The first kappa shape index (κ1) is 7.28. The highest BCUT2D eigenvalue weighted by Gasteiger charge is 1.93. The van der Waals surface area contributed by atoms with E-state index < -0.39 is 13.5 Å². The zero-order chi connectivity index (χ0) is 6.41. The second-order valence-corrected chi connectivity index (χ2v) is 0.939. The van der Waals surface area contributed by atoms with Gasteiger partial charge in [-0.05, 0) is 0 Å². The molecule has 0 saturated heterocycles. The number of hydrogen-bond donors (Lipinski definition) is 3. The Morgan fingerprint density at radius 2 is 2.25 bits per heavy atom. The van der Waals surface area contributed by atoms with Crippen LogP contribution in [0.25, 0.3) is 0 Å². The van der Waals surface area contributed by atoms with Gasteiger partial charge in [0.05, 0.1) is 5.29 Å². The number of hydrogen-bond acceptors (Lipinski definition) is 5. The molecular formula is C2H7N3O3. The van der Waals surface area contributed by atoms with Crippen molar-refractivity contribution in [2.75, 3.05) is 13.5 Å². The van der Waals surface area contributed by atoms with E-state index in [1.165, 1.54) is 0 Å². The summed E-state index contributed by atoms with van der Waals surface area (Å²) in [5.74, 6) is 0. The Morgan fingerprint density at radius 1 is 1.62 bits per heavy atom. The molecule has 0 aromatic carbocycles. The van der Waals surface area contributed by atoms with Crippen molar-refractivity contribution in [2.45, 2.75) is 0 Å². The van der Waals surface area contributed by atoms with Crippen LogP contribution >= 0.6 is 0 Å². The molecular weight excluding hydrogens is 114 g/mol. The molecule has 0 radical (unpaired) electrons. The minimum atomic E-state index is -0.552. The van der Waals surface area contributed by atoms with Crippen LogP contribution in [0.15, 0.2) is 5.29 Å². The van der Waals surface area contributed by atoms with Crippen molar-refractivity contribution >= 4 is 0 Å². The van der Waals surface area contributed by atoms with Gasteiger partial charge in [-0.1, -0.05) is 0 Å². The monoisotopic (exact) mass is 121 g/mol. The summed E-state index contributed by atoms with van der Waals surface area (Å²) in [5, 5.41) is 19.0. The smallest absolute Gasteiger partial charge is 0.151 e. The number of nitrogens with zero attached hydrogens (tertiary/aromatic N) is 2. The van der Waals surface area contributed by atoms with Gasteiger partial charge in [0.1, 0.15) is 6.73 Å². The standard InChI is InChI=1S/C2H7N3O3/c6-1-3-5(2-7)4-8/h3,6-7H,1-2H2. The van der Waals surface area contributed by atoms with Crippen molar-refractivity contribution in [3.8, 4) is 0 Å². The van der Waals surface area contributed by atoms with Crippen LogP contribution in [0.1, 0.15) is 0 Å². The molecule has 0 aliphatic rings.